The first kappa shape index (κ1) is 24.5. The third-order valence-electron chi connectivity index (χ3n) is 6.89. The Morgan fingerprint density at radius 3 is 2.61 bits per heavy atom. The number of morpholine rings is 1. The smallest absolute Gasteiger partial charge is 0.378 e. The lowest BCUT2D eigenvalue weighted by molar-refractivity contribution is -0.141. The number of aromatic amines is 1. The highest BCUT2D eigenvalue weighted by molar-refractivity contribution is 6.31. The molecule has 1 fully saturated rings. The summed E-state index contributed by atoms with van der Waals surface area (Å²) in [6.07, 6.45) is -2.47. The Kier molecular flexibility index (Phi) is 6.08. The summed E-state index contributed by atoms with van der Waals surface area (Å²) in [5.41, 5.74) is 1.93. The lowest BCUT2D eigenvalue weighted by Crippen LogP contribution is -2.38. The van der Waals surface area contributed by atoms with Crippen LogP contribution < -0.4 is 9.80 Å². The minimum Gasteiger partial charge on any atom is -0.378 e. The quantitative estimate of drug-likeness (QED) is 0.396. The first-order valence-electron chi connectivity index (χ1n) is 12.0. The Hall–Kier alpha value is -3.88. The molecule has 1 N–H and O–H groups in total. The molecular formula is C26H21ClF3N7O. The highest BCUT2D eigenvalue weighted by Gasteiger charge is 2.38. The number of aromatic nitrogens is 4. The average molecular weight is 540 g/mol. The minimum absolute atomic E-state index is 0.166. The normalized spacial score (nSPS) is 17.9. The van der Waals surface area contributed by atoms with E-state index in [0.717, 1.165) is 46.6 Å². The average Bonchev–Trinajstić information content (AvgIpc) is 3.30. The molecule has 0 spiro atoms. The molecule has 1 aromatic carbocycles. The topological polar surface area (TPSA) is 94.0 Å². The van der Waals surface area contributed by atoms with E-state index in [1.165, 1.54) is 0 Å². The SMILES string of the molecule is N#Cc1cc(C(F)(F)F)nc(N2CCc3c([nH]c4ccc(Cl)cc34)C2c2ccc(N3CCOCC3)nc2)n1. The van der Waals surface area contributed by atoms with E-state index in [1.807, 2.05) is 24.3 Å². The Balaban J connectivity index is 1.49. The summed E-state index contributed by atoms with van der Waals surface area (Å²) in [7, 11) is 0. The van der Waals surface area contributed by atoms with E-state index < -0.39 is 17.9 Å². The number of halogens is 4. The fraction of sp³-hybridized carbons (Fsp3) is 0.308. The van der Waals surface area contributed by atoms with Gasteiger partial charge in [0.2, 0.25) is 5.95 Å². The van der Waals surface area contributed by atoms with Gasteiger partial charge in [-0.25, -0.2) is 15.0 Å². The zero-order valence-corrected chi connectivity index (χ0v) is 20.7. The molecule has 6 rings (SSSR count). The number of pyridine rings is 1. The van der Waals surface area contributed by atoms with Gasteiger partial charge in [-0.2, -0.15) is 18.4 Å². The second-order valence-electron chi connectivity index (χ2n) is 9.15. The van der Waals surface area contributed by atoms with Crippen LogP contribution in [0.3, 0.4) is 0 Å². The van der Waals surface area contributed by atoms with Crippen molar-refractivity contribution in [1.82, 2.24) is 19.9 Å². The first-order valence-corrected chi connectivity index (χ1v) is 12.4. The van der Waals surface area contributed by atoms with E-state index in [1.54, 1.807) is 23.2 Å². The monoisotopic (exact) mass is 539 g/mol. The molecule has 0 amide bonds. The first-order chi connectivity index (χ1) is 18.3. The predicted octanol–water partition coefficient (Wildman–Crippen LogP) is 4.89. The van der Waals surface area contributed by atoms with Gasteiger partial charge >= 0.3 is 6.18 Å². The Labute approximate surface area is 220 Å². The van der Waals surface area contributed by atoms with Crippen molar-refractivity contribution in [2.24, 2.45) is 0 Å². The van der Waals surface area contributed by atoms with Gasteiger partial charge in [0, 0.05) is 53.5 Å². The van der Waals surface area contributed by atoms with Gasteiger partial charge in [-0.05, 0) is 41.8 Å². The number of hydrogen-bond acceptors (Lipinski definition) is 7. The number of nitriles is 1. The Bertz CT molecular complexity index is 1540. The van der Waals surface area contributed by atoms with Crippen LogP contribution in [0.4, 0.5) is 24.9 Å². The van der Waals surface area contributed by atoms with Crippen molar-refractivity contribution in [2.45, 2.75) is 18.6 Å². The molecule has 1 unspecified atom stereocenters. The number of hydrogen-bond donors (Lipinski definition) is 1. The molecule has 2 aliphatic heterocycles. The fourth-order valence-corrected chi connectivity index (χ4v) is 5.30. The van der Waals surface area contributed by atoms with Crippen LogP contribution in [0.15, 0.2) is 42.6 Å². The summed E-state index contributed by atoms with van der Waals surface area (Å²) in [5.74, 6) is 0.631. The maximum atomic E-state index is 13.6. The lowest BCUT2D eigenvalue weighted by atomic mass is 9.93. The molecule has 1 saturated heterocycles. The van der Waals surface area contributed by atoms with Gasteiger partial charge in [0.25, 0.3) is 0 Å². The highest BCUT2D eigenvalue weighted by Crippen LogP contribution is 2.41. The van der Waals surface area contributed by atoms with Crippen LogP contribution in [0.5, 0.6) is 0 Å². The maximum absolute atomic E-state index is 13.6. The third kappa shape index (κ3) is 4.40. The molecule has 0 bridgehead atoms. The largest absolute Gasteiger partial charge is 0.433 e. The number of rotatable bonds is 3. The van der Waals surface area contributed by atoms with Crippen LogP contribution in [-0.2, 0) is 17.3 Å². The number of nitrogens with zero attached hydrogens (tertiary/aromatic N) is 6. The predicted molar refractivity (Wildman–Crippen MR) is 135 cm³/mol. The number of alkyl halides is 3. The molecule has 12 heteroatoms. The minimum atomic E-state index is -4.72. The van der Waals surface area contributed by atoms with Crippen LogP contribution in [0.2, 0.25) is 5.02 Å². The molecule has 2 aliphatic rings. The van der Waals surface area contributed by atoms with Crippen molar-refractivity contribution in [3.63, 3.8) is 0 Å². The number of nitrogens with one attached hydrogen (secondary N) is 1. The van der Waals surface area contributed by atoms with Crippen molar-refractivity contribution >= 4 is 34.3 Å². The highest BCUT2D eigenvalue weighted by atomic mass is 35.5. The molecule has 0 aliphatic carbocycles. The molecule has 4 aromatic rings. The van der Waals surface area contributed by atoms with Crippen LogP contribution in [0.1, 0.15) is 34.3 Å². The van der Waals surface area contributed by atoms with Crippen LogP contribution in [0, 0.1) is 11.3 Å². The van der Waals surface area contributed by atoms with Crippen molar-refractivity contribution in [3.8, 4) is 6.07 Å². The summed E-state index contributed by atoms with van der Waals surface area (Å²) in [6, 6.07) is 11.2. The van der Waals surface area contributed by atoms with Crippen LogP contribution in [0.25, 0.3) is 10.9 Å². The zero-order valence-electron chi connectivity index (χ0n) is 20.0. The molecule has 1 atom stereocenters. The summed E-state index contributed by atoms with van der Waals surface area (Å²) in [6.45, 7) is 3.02. The van der Waals surface area contributed by atoms with Crippen LogP contribution >= 0.6 is 11.6 Å². The molecule has 8 nitrogen and oxygen atoms in total. The summed E-state index contributed by atoms with van der Waals surface area (Å²) in [5, 5.41) is 10.9. The van der Waals surface area contributed by atoms with Crippen molar-refractivity contribution in [1.29, 1.82) is 5.26 Å². The lowest BCUT2D eigenvalue weighted by Gasteiger charge is -2.36. The van der Waals surface area contributed by atoms with E-state index in [0.29, 0.717) is 37.3 Å². The van der Waals surface area contributed by atoms with Crippen molar-refractivity contribution in [2.75, 3.05) is 42.6 Å². The van der Waals surface area contributed by atoms with Crippen molar-refractivity contribution < 1.29 is 17.9 Å². The van der Waals surface area contributed by atoms with Gasteiger partial charge in [0.05, 0.1) is 19.3 Å². The van der Waals surface area contributed by atoms with Gasteiger partial charge < -0.3 is 19.5 Å². The van der Waals surface area contributed by atoms with E-state index in [4.69, 9.17) is 16.3 Å². The van der Waals surface area contributed by atoms with Crippen LogP contribution in [-0.4, -0.2) is 52.8 Å². The Morgan fingerprint density at radius 1 is 1.08 bits per heavy atom. The summed E-state index contributed by atoms with van der Waals surface area (Å²) >= 11 is 6.28. The number of fused-ring (bicyclic) bond motifs is 3. The third-order valence-corrected chi connectivity index (χ3v) is 7.12. The maximum Gasteiger partial charge on any atom is 0.433 e. The molecule has 0 radical (unpaired) electrons. The number of ether oxygens (including phenoxy) is 1. The van der Waals surface area contributed by atoms with E-state index in [2.05, 4.69) is 24.8 Å². The van der Waals surface area contributed by atoms with E-state index in [9.17, 15) is 18.4 Å². The standard InChI is InChI=1S/C26H21ClF3N7O/c27-16-2-3-20-19(11-16)18-5-6-37(25-33-17(13-31)12-21(35-25)26(28,29)30)24(23(18)34-20)15-1-4-22(32-14-15)36-7-9-38-10-8-36/h1-4,11-12,14,24,34H,5-10H2. The fourth-order valence-electron chi connectivity index (χ4n) is 5.13. The van der Waals surface area contributed by atoms with Gasteiger partial charge in [0.1, 0.15) is 17.6 Å². The molecular weight excluding hydrogens is 519 g/mol. The van der Waals surface area contributed by atoms with Gasteiger partial charge in [0.15, 0.2) is 5.69 Å². The molecule has 3 aromatic heterocycles. The van der Waals surface area contributed by atoms with Gasteiger partial charge in [-0.15, -0.1) is 0 Å². The van der Waals surface area contributed by atoms with E-state index in [-0.39, 0.29) is 11.6 Å². The van der Waals surface area contributed by atoms with Gasteiger partial charge in [-0.3, -0.25) is 0 Å². The molecule has 194 valence electrons. The molecule has 5 heterocycles. The molecule has 38 heavy (non-hydrogen) atoms. The second kappa shape index (κ2) is 9.45. The number of benzene rings is 1. The Morgan fingerprint density at radius 2 is 1.89 bits per heavy atom. The van der Waals surface area contributed by atoms with Gasteiger partial charge in [-0.1, -0.05) is 17.7 Å². The molecule has 0 saturated carbocycles. The van der Waals surface area contributed by atoms with E-state index >= 15 is 0 Å². The van der Waals surface area contributed by atoms with Crippen molar-refractivity contribution in [3.05, 3.63) is 75.8 Å². The number of H-pyrrole nitrogens is 1. The zero-order chi connectivity index (χ0) is 26.4. The summed E-state index contributed by atoms with van der Waals surface area (Å²) in [4.78, 5) is 20.0. The second-order valence-corrected chi connectivity index (χ2v) is 9.59. The summed E-state index contributed by atoms with van der Waals surface area (Å²) < 4.78 is 46.4. The number of anilines is 2.